The lowest BCUT2D eigenvalue weighted by atomic mass is 9.94. The minimum absolute atomic E-state index is 0.481. The SMILES string of the molecule is Cc1cccc(C)c1CC(O)c1ccc(N)cc1. The van der Waals surface area contributed by atoms with Crippen LogP contribution in [0.4, 0.5) is 5.69 Å². The normalized spacial score (nSPS) is 12.4. The Morgan fingerprint density at radius 1 is 1.00 bits per heavy atom. The Balaban J connectivity index is 2.21. The van der Waals surface area contributed by atoms with E-state index in [4.69, 9.17) is 5.73 Å². The van der Waals surface area contributed by atoms with Gasteiger partial charge in [0.15, 0.2) is 0 Å². The van der Waals surface area contributed by atoms with Gasteiger partial charge in [0.1, 0.15) is 0 Å². The van der Waals surface area contributed by atoms with E-state index in [1.165, 1.54) is 16.7 Å². The van der Waals surface area contributed by atoms with Crippen molar-refractivity contribution < 1.29 is 5.11 Å². The van der Waals surface area contributed by atoms with Crippen LogP contribution in [0.25, 0.3) is 0 Å². The van der Waals surface area contributed by atoms with Crippen LogP contribution in [0.2, 0.25) is 0 Å². The number of aliphatic hydroxyl groups is 1. The molecule has 2 aromatic rings. The summed E-state index contributed by atoms with van der Waals surface area (Å²) in [6, 6.07) is 13.6. The van der Waals surface area contributed by atoms with E-state index in [1.807, 2.05) is 30.3 Å². The Hall–Kier alpha value is -1.80. The molecule has 0 aliphatic rings. The maximum Gasteiger partial charge on any atom is 0.0830 e. The number of nitrogen functional groups attached to an aromatic ring is 1. The van der Waals surface area contributed by atoms with E-state index in [0.29, 0.717) is 6.42 Å². The van der Waals surface area contributed by atoms with Crippen molar-refractivity contribution in [1.29, 1.82) is 0 Å². The zero-order chi connectivity index (χ0) is 13.1. The highest BCUT2D eigenvalue weighted by Crippen LogP contribution is 2.23. The van der Waals surface area contributed by atoms with E-state index >= 15 is 0 Å². The van der Waals surface area contributed by atoms with Crippen molar-refractivity contribution >= 4 is 5.69 Å². The molecule has 2 heteroatoms. The Morgan fingerprint density at radius 3 is 2.11 bits per heavy atom. The summed E-state index contributed by atoms with van der Waals surface area (Å²) in [7, 11) is 0. The molecule has 3 N–H and O–H groups in total. The average Bonchev–Trinajstić information content (AvgIpc) is 2.34. The molecular formula is C16H19NO. The molecule has 0 heterocycles. The van der Waals surface area contributed by atoms with Crippen LogP contribution < -0.4 is 5.73 Å². The van der Waals surface area contributed by atoms with Crippen LogP contribution in [-0.4, -0.2) is 5.11 Å². The van der Waals surface area contributed by atoms with Gasteiger partial charge in [-0.15, -0.1) is 0 Å². The zero-order valence-electron chi connectivity index (χ0n) is 10.9. The molecule has 2 rings (SSSR count). The maximum absolute atomic E-state index is 10.3. The van der Waals surface area contributed by atoms with Gasteiger partial charge in [0.05, 0.1) is 6.10 Å². The smallest absolute Gasteiger partial charge is 0.0830 e. The summed E-state index contributed by atoms with van der Waals surface area (Å²) in [4.78, 5) is 0. The van der Waals surface area contributed by atoms with Gasteiger partial charge in [-0.2, -0.15) is 0 Å². The van der Waals surface area contributed by atoms with Gasteiger partial charge in [-0.3, -0.25) is 0 Å². The number of nitrogens with two attached hydrogens (primary N) is 1. The van der Waals surface area contributed by atoms with E-state index in [9.17, 15) is 5.11 Å². The number of aliphatic hydroxyl groups excluding tert-OH is 1. The topological polar surface area (TPSA) is 46.2 Å². The third-order valence-electron chi connectivity index (χ3n) is 3.36. The summed E-state index contributed by atoms with van der Waals surface area (Å²) in [5.41, 5.74) is 11.0. The van der Waals surface area contributed by atoms with Crippen molar-refractivity contribution in [3.63, 3.8) is 0 Å². The van der Waals surface area contributed by atoms with Gasteiger partial charge in [-0.25, -0.2) is 0 Å². The van der Waals surface area contributed by atoms with Gasteiger partial charge in [-0.05, 0) is 48.2 Å². The van der Waals surface area contributed by atoms with Crippen LogP contribution in [0, 0.1) is 13.8 Å². The molecule has 0 spiro atoms. The lowest BCUT2D eigenvalue weighted by molar-refractivity contribution is 0.178. The van der Waals surface area contributed by atoms with Crippen LogP contribution >= 0.6 is 0 Å². The molecule has 0 amide bonds. The van der Waals surface area contributed by atoms with Crippen LogP contribution in [0.5, 0.6) is 0 Å². The third-order valence-corrected chi connectivity index (χ3v) is 3.36. The monoisotopic (exact) mass is 241 g/mol. The van der Waals surface area contributed by atoms with Crippen molar-refractivity contribution in [3.8, 4) is 0 Å². The molecule has 0 aliphatic carbocycles. The Bertz CT molecular complexity index is 511. The number of benzene rings is 2. The first kappa shape index (κ1) is 12.7. The molecule has 0 fully saturated rings. The van der Waals surface area contributed by atoms with Crippen LogP contribution in [0.3, 0.4) is 0 Å². The minimum atomic E-state index is -0.481. The van der Waals surface area contributed by atoms with Gasteiger partial charge in [0, 0.05) is 12.1 Å². The largest absolute Gasteiger partial charge is 0.399 e. The molecule has 0 saturated carbocycles. The van der Waals surface area contributed by atoms with E-state index in [-0.39, 0.29) is 0 Å². The van der Waals surface area contributed by atoms with Crippen LogP contribution in [-0.2, 0) is 6.42 Å². The second kappa shape index (κ2) is 5.23. The number of aryl methyl sites for hydroxylation is 2. The fraction of sp³-hybridized carbons (Fsp3) is 0.250. The predicted octanol–water partition coefficient (Wildman–Crippen LogP) is 3.16. The van der Waals surface area contributed by atoms with Crippen molar-refractivity contribution in [3.05, 3.63) is 64.7 Å². The second-order valence-corrected chi connectivity index (χ2v) is 4.76. The lowest BCUT2D eigenvalue weighted by Crippen LogP contribution is -2.05. The van der Waals surface area contributed by atoms with Gasteiger partial charge in [-0.1, -0.05) is 30.3 Å². The molecule has 0 radical (unpaired) electrons. The Labute approximate surface area is 108 Å². The van der Waals surface area contributed by atoms with E-state index in [2.05, 4.69) is 26.0 Å². The average molecular weight is 241 g/mol. The first-order valence-corrected chi connectivity index (χ1v) is 6.16. The van der Waals surface area contributed by atoms with Gasteiger partial charge < -0.3 is 10.8 Å². The van der Waals surface area contributed by atoms with E-state index < -0.39 is 6.10 Å². The first-order valence-electron chi connectivity index (χ1n) is 6.16. The molecule has 0 aliphatic heterocycles. The predicted molar refractivity (Wildman–Crippen MR) is 75.4 cm³/mol. The molecule has 0 bridgehead atoms. The van der Waals surface area contributed by atoms with Crippen LogP contribution in [0.15, 0.2) is 42.5 Å². The number of hydrogen-bond donors (Lipinski definition) is 2. The van der Waals surface area contributed by atoms with Crippen LogP contribution in [0.1, 0.15) is 28.4 Å². The minimum Gasteiger partial charge on any atom is -0.399 e. The summed E-state index contributed by atoms with van der Waals surface area (Å²) in [5.74, 6) is 0. The highest BCUT2D eigenvalue weighted by Gasteiger charge is 2.11. The van der Waals surface area contributed by atoms with E-state index in [1.54, 1.807) is 0 Å². The zero-order valence-corrected chi connectivity index (χ0v) is 10.9. The number of hydrogen-bond acceptors (Lipinski definition) is 2. The highest BCUT2D eigenvalue weighted by molar-refractivity contribution is 5.41. The molecule has 2 nitrogen and oxygen atoms in total. The molecular weight excluding hydrogens is 222 g/mol. The first-order chi connectivity index (χ1) is 8.58. The van der Waals surface area contributed by atoms with Gasteiger partial charge in [0.2, 0.25) is 0 Å². The third kappa shape index (κ3) is 2.71. The second-order valence-electron chi connectivity index (χ2n) is 4.76. The summed E-state index contributed by atoms with van der Waals surface area (Å²) in [5, 5.41) is 10.3. The highest BCUT2D eigenvalue weighted by atomic mass is 16.3. The van der Waals surface area contributed by atoms with Crippen molar-refractivity contribution in [1.82, 2.24) is 0 Å². The fourth-order valence-electron chi connectivity index (χ4n) is 2.20. The Kier molecular flexibility index (Phi) is 3.68. The van der Waals surface area contributed by atoms with E-state index in [0.717, 1.165) is 11.3 Å². The molecule has 18 heavy (non-hydrogen) atoms. The molecule has 0 saturated heterocycles. The molecule has 0 aromatic heterocycles. The number of rotatable bonds is 3. The molecule has 1 atom stereocenters. The summed E-state index contributed by atoms with van der Waals surface area (Å²) < 4.78 is 0. The summed E-state index contributed by atoms with van der Waals surface area (Å²) in [6.45, 7) is 4.16. The quantitative estimate of drug-likeness (QED) is 0.811. The number of anilines is 1. The lowest BCUT2D eigenvalue weighted by Gasteiger charge is -2.15. The molecule has 1 unspecified atom stereocenters. The summed E-state index contributed by atoms with van der Waals surface area (Å²) >= 11 is 0. The molecule has 2 aromatic carbocycles. The van der Waals surface area contributed by atoms with Gasteiger partial charge >= 0.3 is 0 Å². The molecule has 94 valence electrons. The van der Waals surface area contributed by atoms with Crippen molar-refractivity contribution in [2.75, 3.05) is 5.73 Å². The Morgan fingerprint density at radius 2 is 1.56 bits per heavy atom. The maximum atomic E-state index is 10.3. The van der Waals surface area contributed by atoms with Crippen molar-refractivity contribution in [2.45, 2.75) is 26.4 Å². The fourth-order valence-corrected chi connectivity index (χ4v) is 2.20. The standard InChI is InChI=1S/C16H19NO/c1-11-4-3-5-12(2)15(11)10-16(18)13-6-8-14(17)9-7-13/h3-9,16,18H,10,17H2,1-2H3. The van der Waals surface area contributed by atoms with Crippen molar-refractivity contribution in [2.24, 2.45) is 0 Å². The van der Waals surface area contributed by atoms with Gasteiger partial charge in [0.25, 0.3) is 0 Å². The summed E-state index contributed by atoms with van der Waals surface area (Å²) in [6.07, 6.45) is 0.160.